The molecule has 9 heteroatoms. The van der Waals surface area contributed by atoms with Gasteiger partial charge in [0.15, 0.2) is 5.13 Å². The Morgan fingerprint density at radius 1 is 1.24 bits per heavy atom. The Labute approximate surface area is 157 Å². The summed E-state index contributed by atoms with van der Waals surface area (Å²) in [5, 5.41) is 4.23. The van der Waals surface area contributed by atoms with Crippen molar-refractivity contribution in [3.8, 4) is 11.3 Å². The minimum Gasteiger partial charge on any atom is -0.361 e. The van der Waals surface area contributed by atoms with Gasteiger partial charge in [-0.2, -0.15) is 12.7 Å². The number of rotatable bonds is 7. The van der Waals surface area contributed by atoms with Crippen LogP contribution in [0.5, 0.6) is 0 Å². The van der Waals surface area contributed by atoms with Crippen molar-refractivity contribution in [2.24, 2.45) is 0 Å². The van der Waals surface area contributed by atoms with E-state index in [1.54, 1.807) is 11.3 Å². The molecule has 1 aromatic heterocycles. The molecule has 1 aliphatic heterocycles. The first kappa shape index (κ1) is 18.7. The second kappa shape index (κ2) is 8.05. The van der Waals surface area contributed by atoms with Gasteiger partial charge in [-0.05, 0) is 18.9 Å². The fourth-order valence-corrected chi connectivity index (χ4v) is 5.27. The van der Waals surface area contributed by atoms with E-state index in [1.165, 1.54) is 33.7 Å². The Balaban J connectivity index is 1.58. The molecule has 6 nitrogen and oxygen atoms in total. The molecule has 0 bridgehead atoms. The molecule has 25 heavy (non-hydrogen) atoms. The highest BCUT2D eigenvalue weighted by molar-refractivity contribution is 7.99. The van der Waals surface area contributed by atoms with Gasteiger partial charge in [0.1, 0.15) is 0 Å². The third-order valence-electron chi connectivity index (χ3n) is 3.82. The van der Waals surface area contributed by atoms with Crippen LogP contribution in [-0.4, -0.2) is 50.6 Å². The van der Waals surface area contributed by atoms with Crippen LogP contribution in [0.3, 0.4) is 0 Å². The van der Waals surface area contributed by atoms with Gasteiger partial charge in [0.25, 0.3) is 10.2 Å². The van der Waals surface area contributed by atoms with Crippen LogP contribution in [0.15, 0.2) is 29.2 Å². The van der Waals surface area contributed by atoms with E-state index in [1.807, 2.05) is 11.8 Å². The van der Waals surface area contributed by atoms with E-state index >= 15 is 0 Å². The van der Waals surface area contributed by atoms with Gasteiger partial charge in [0.2, 0.25) is 0 Å². The lowest BCUT2D eigenvalue weighted by atomic mass is 10.1. The molecule has 1 aliphatic rings. The number of aromatic nitrogens is 1. The quantitative estimate of drug-likeness (QED) is 0.702. The number of thioether (sulfide) groups is 1. The van der Waals surface area contributed by atoms with Crippen LogP contribution >= 0.6 is 23.1 Å². The van der Waals surface area contributed by atoms with Gasteiger partial charge >= 0.3 is 0 Å². The number of aryl methyl sites for hydroxylation is 1. The number of thiazole rings is 1. The third-order valence-corrected chi connectivity index (χ3v) is 7.50. The van der Waals surface area contributed by atoms with E-state index in [0.717, 1.165) is 23.0 Å². The summed E-state index contributed by atoms with van der Waals surface area (Å²) in [5.74, 6) is 1.07. The number of benzene rings is 1. The molecule has 0 aliphatic carbocycles. The molecule has 0 radical (unpaired) electrons. The van der Waals surface area contributed by atoms with Gasteiger partial charge in [-0.1, -0.05) is 18.2 Å². The third kappa shape index (κ3) is 4.53. The summed E-state index contributed by atoms with van der Waals surface area (Å²) in [4.78, 5) is 7.38. The Morgan fingerprint density at radius 2 is 2.04 bits per heavy atom. The molecular formula is C16H22N4O2S3. The van der Waals surface area contributed by atoms with E-state index in [4.69, 9.17) is 4.98 Å². The molecule has 0 atom stereocenters. The minimum absolute atomic E-state index is 0.401. The van der Waals surface area contributed by atoms with Gasteiger partial charge in [-0.15, -0.1) is 23.1 Å². The molecule has 1 aromatic carbocycles. The highest BCUT2D eigenvalue weighted by atomic mass is 32.2. The summed E-state index contributed by atoms with van der Waals surface area (Å²) >= 11 is 3.58. The van der Waals surface area contributed by atoms with E-state index in [-0.39, 0.29) is 0 Å². The lowest BCUT2D eigenvalue weighted by molar-refractivity contribution is 0.505. The summed E-state index contributed by atoms with van der Waals surface area (Å²) in [6.45, 7) is 1.08. The van der Waals surface area contributed by atoms with Gasteiger partial charge in [0, 0.05) is 48.3 Å². The summed E-state index contributed by atoms with van der Waals surface area (Å²) in [6, 6.07) is 8.40. The molecule has 0 unspecified atom stereocenters. The molecule has 0 amide bonds. The van der Waals surface area contributed by atoms with Crippen LogP contribution in [-0.2, 0) is 16.6 Å². The van der Waals surface area contributed by atoms with Crippen molar-refractivity contribution in [2.45, 2.75) is 17.7 Å². The van der Waals surface area contributed by atoms with E-state index in [9.17, 15) is 8.42 Å². The first-order valence-corrected chi connectivity index (χ1v) is 11.3. The molecule has 136 valence electrons. The number of anilines is 1. The van der Waals surface area contributed by atoms with Crippen molar-refractivity contribution >= 4 is 38.4 Å². The van der Waals surface area contributed by atoms with Crippen molar-refractivity contribution in [1.29, 1.82) is 0 Å². The number of nitrogens with zero attached hydrogens (tertiary/aromatic N) is 2. The predicted octanol–water partition coefficient (Wildman–Crippen LogP) is 2.66. The molecule has 0 fully saturated rings. The van der Waals surface area contributed by atoms with Crippen molar-refractivity contribution in [3.63, 3.8) is 0 Å². The summed E-state index contributed by atoms with van der Waals surface area (Å²) in [7, 11) is -0.316. The van der Waals surface area contributed by atoms with E-state index < -0.39 is 10.2 Å². The average Bonchev–Trinajstić information content (AvgIpc) is 2.90. The van der Waals surface area contributed by atoms with Crippen molar-refractivity contribution < 1.29 is 8.42 Å². The molecule has 0 saturated carbocycles. The normalized spacial score (nSPS) is 14.0. The fourth-order valence-electron chi connectivity index (χ4n) is 2.46. The SMILES string of the molecule is CN(C)S(=O)(=O)NCCCNc1nc2c(s1)CCSc1ccccc1-2. The van der Waals surface area contributed by atoms with Crippen LogP contribution in [0.1, 0.15) is 11.3 Å². The zero-order chi connectivity index (χ0) is 17.9. The number of hydrogen-bond donors (Lipinski definition) is 2. The Kier molecular flexibility index (Phi) is 6.00. The molecule has 2 aromatic rings. The topological polar surface area (TPSA) is 74.3 Å². The molecule has 0 spiro atoms. The predicted molar refractivity (Wildman–Crippen MR) is 106 cm³/mol. The monoisotopic (exact) mass is 398 g/mol. The smallest absolute Gasteiger partial charge is 0.278 e. The lowest BCUT2D eigenvalue weighted by Crippen LogP contribution is -2.36. The molecule has 2 N–H and O–H groups in total. The van der Waals surface area contributed by atoms with Crippen LogP contribution in [0, 0.1) is 0 Å². The number of fused-ring (bicyclic) bond motifs is 3. The van der Waals surface area contributed by atoms with E-state index in [2.05, 4.69) is 34.3 Å². The second-order valence-corrected chi connectivity index (χ2v) is 10.0. The summed E-state index contributed by atoms with van der Waals surface area (Å²) in [6.07, 6.45) is 1.72. The van der Waals surface area contributed by atoms with Crippen LogP contribution in [0.2, 0.25) is 0 Å². The lowest BCUT2D eigenvalue weighted by Gasteiger charge is -2.12. The number of hydrogen-bond acceptors (Lipinski definition) is 6. The summed E-state index contributed by atoms with van der Waals surface area (Å²) in [5.41, 5.74) is 2.30. The highest BCUT2D eigenvalue weighted by Gasteiger charge is 2.19. The van der Waals surface area contributed by atoms with Gasteiger partial charge in [0.05, 0.1) is 5.69 Å². The zero-order valence-corrected chi connectivity index (χ0v) is 16.7. The average molecular weight is 399 g/mol. The Morgan fingerprint density at radius 3 is 2.84 bits per heavy atom. The molecule has 2 heterocycles. The van der Waals surface area contributed by atoms with Crippen molar-refractivity contribution in [1.82, 2.24) is 14.0 Å². The largest absolute Gasteiger partial charge is 0.361 e. The van der Waals surface area contributed by atoms with Crippen LogP contribution < -0.4 is 10.0 Å². The Bertz CT molecular complexity index is 834. The molecule has 3 rings (SSSR count). The second-order valence-electron chi connectivity index (χ2n) is 5.85. The Hall–Kier alpha value is -1.13. The molecule has 0 saturated heterocycles. The van der Waals surface area contributed by atoms with Crippen LogP contribution in [0.4, 0.5) is 5.13 Å². The van der Waals surface area contributed by atoms with Crippen molar-refractivity contribution in [3.05, 3.63) is 29.1 Å². The van der Waals surface area contributed by atoms with E-state index in [0.29, 0.717) is 19.5 Å². The summed E-state index contributed by atoms with van der Waals surface area (Å²) < 4.78 is 27.0. The standard InChI is InChI=1S/C16H22N4O2S3/c1-20(2)25(21,22)18-10-5-9-17-16-19-15-12-6-3-4-7-13(12)23-11-8-14(15)24-16/h3-4,6-7,18H,5,8-11H2,1-2H3,(H,17,19). The maximum atomic E-state index is 11.6. The van der Waals surface area contributed by atoms with Crippen LogP contribution in [0.25, 0.3) is 11.3 Å². The van der Waals surface area contributed by atoms with Gasteiger partial charge in [-0.3, -0.25) is 0 Å². The highest BCUT2D eigenvalue weighted by Crippen LogP contribution is 2.40. The van der Waals surface area contributed by atoms with Gasteiger partial charge in [-0.25, -0.2) is 9.71 Å². The first-order valence-electron chi connectivity index (χ1n) is 8.10. The molecular weight excluding hydrogens is 376 g/mol. The van der Waals surface area contributed by atoms with Gasteiger partial charge < -0.3 is 5.32 Å². The number of nitrogens with one attached hydrogen (secondary N) is 2. The minimum atomic E-state index is -3.34. The fraction of sp³-hybridized carbons (Fsp3) is 0.438. The zero-order valence-electron chi connectivity index (χ0n) is 14.3. The first-order chi connectivity index (χ1) is 12.0. The maximum Gasteiger partial charge on any atom is 0.278 e. The van der Waals surface area contributed by atoms with Crippen molar-refractivity contribution in [2.75, 3.05) is 38.3 Å². The maximum absolute atomic E-state index is 11.6.